The molecule has 3 heteroatoms. The molecule has 0 fully saturated rings. The predicted octanol–water partition coefficient (Wildman–Crippen LogP) is 2.89. The van der Waals surface area contributed by atoms with Gasteiger partial charge in [0, 0.05) is 6.54 Å². The number of allylic oxidation sites excluding steroid dienone is 2. The summed E-state index contributed by atoms with van der Waals surface area (Å²) >= 11 is 0. The van der Waals surface area contributed by atoms with Crippen molar-refractivity contribution in [3.63, 3.8) is 0 Å². The number of nitrogens with zero attached hydrogens (tertiary/aromatic N) is 2. The Labute approximate surface area is 96.2 Å². The molecule has 1 aromatic rings. The summed E-state index contributed by atoms with van der Waals surface area (Å²) in [5.74, 6) is 0.169. The van der Waals surface area contributed by atoms with Gasteiger partial charge in [0.2, 0.25) is 5.78 Å². The molecule has 1 aliphatic rings. The van der Waals surface area contributed by atoms with Crippen LogP contribution < -0.4 is 0 Å². The fourth-order valence-corrected chi connectivity index (χ4v) is 2.18. The Kier molecular flexibility index (Phi) is 3.22. The average Bonchev–Trinajstić information content (AvgIpc) is 2.70. The number of hydrogen-bond donors (Lipinski definition) is 0. The molecule has 0 amide bonds. The van der Waals surface area contributed by atoms with Gasteiger partial charge in [-0.25, -0.2) is 0 Å². The lowest BCUT2D eigenvalue weighted by molar-refractivity contribution is 0.101. The third-order valence-corrected chi connectivity index (χ3v) is 3.02. The molecule has 3 nitrogen and oxygen atoms in total. The van der Waals surface area contributed by atoms with Crippen LogP contribution in [0.5, 0.6) is 0 Å². The zero-order chi connectivity index (χ0) is 11.5. The molecular weight excluding hydrogens is 200 g/mol. The van der Waals surface area contributed by atoms with E-state index in [1.165, 1.54) is 6.42 Å². The Balaban J connectivity index is 2.29. The van der Waals surface area contributed by atoms with E-state index < -0.39 is 0 Å². The summed E-state index contributed by atoms with van der Waals surface area (Å²) in [5, 5.41) is 4.31. The molecule has 2 rings (SSSR count). The number of ketones is 1. The third kappa shape index (κ3) is 2.08. The molecule has 0 spiro atoms. The van der Waals surface area contributed by atoms with Crippen LogP contribution in [0, 0.1) is 6.92 Å². The molecule has 16 heavy (non-hydrogen) atoms. The highest BCUT2D eigenvalue weighted by Gasteiger charge is 2.18. The van der Waals surface area contributed by atoms with Crippen LogP contribution in [0.3, 0.4) is 0 Å². The van der Waals surface area contributed by atoms with E-state index in [2.05, 4.69) is 11.2 Å². The van der Waals surface area contributed by atoms with E-state index >= 15 is 0 Å². The zero-order valence-corrected chi connectivity index (χ0v) is 9.99. The molecule has 0 saturated carbocycles. The summed E-state index contributed by atoms with van der Waals surface area (Å²) < 4.78 is 1.80. The van der Waals surface area contributed by atoms with Gasteiger partial charge in [-0.2, -0.15) is 5.10 Å². The van der Waals surface area contributed by atoms with Crippen LogP contribution in [0.25, 0.3) is 0 Å². The summed E-state index contributed by atoms with van der Waals surface area (Å²) in [4.78, 5) is 12.3. The fourth-order valence-electron chi connectivity index (χ4n) is 2.18. The lowest BCUT2D eigenvalue weighted by Gasteiger charge is -2.11. The normalized spacial score (nSPS) is 16.0. The lowest BCUT2D eigenvalue weighted by atomic mass is 9.95. The number of Topliss-reactive ketones (excluding diaryl/α,β-unsaturated/α-hetero) is 1. The van der Waals surface area contributed by atoms with Crippen LogP contribution in [0.2, 0.25) is 0 Å². The number of aromatic nitrogens is 2. The standard InChI is InChI=1S/C13H18N2O/c1-3-15-12(9-10(2)14-15)13(16)11-7-5-4-6-8-11/h7,9H,3-6,8H2,1-2H3. The van der Waals surface area contributed by atoms with Gasteiger partial charge in [-0.1, -0.05) is 6.08 Å². The Hall–Kier alpha value is -1.38. The molecule has 0 aliphatic heterocycles. The van der Waals surface area contributed by atoms with E-state index in [9.17, 15) is 4.79 Å². The third-order valence-electron chi connectivity index (χ3n) is 3.02. The van der Waals surface area contributed by atoms with Gasteiger partial charge >= 0.3 is 0 Å². The van der Waals surface area contributed by atoms with Gasteiger partial charge in [-0.05, 0) is 51.2 Å². The number of aryl methyl sites for hydroxylation is 2. The van der Waals surface area contributed by atoms with Gasteiger partial charge in [-0.15, -0.1) is 0 Å². The van der Waals surface area contributed by atoms with Crippen LogP contribution in [0.1, 0.15) is 48.8 Å². The van der Waals surface area contributed by atoms with E-state index in [1.54, 1.807) is 4.68 Å². The number of carbonyl (C=O) groups excluding carboxylic acids is 1. The largest absolute Gasteiger partial charge is 0.287 e. The molecule has 0 atom stereocenters. The second-order valence-electron chi connectivity index (χ2n) is 4.29. The minimum atomic E-state index is 0.169. The van der Waals surface area contributed by atoms with Crippen molar-refractivity contribution >= 4 is 5.78 Å². The molecule has 1 aromatic heterocycles. The summed E-state index contributed by atoms with van der Waals surface area (Å²) in [6, 6.07) is 1.89. The lowest BCUT2D eigenvalue weighted by Crippen LogP contribution is -2.13. The topological polar surface area (TPSA) is 34.9 Å². The molecular formula is C13H18N2O. The molecule has 1 aliphatic carbocycles. The van der Waals surface area contributed by atoms with Crippen LogP contribution in [-0.2, 0) is 6.54 Å². The quantitative estimate of drug-likeness (QED) is 0.731. The van der Waals surface area contributed by atoms with Crippen molar-refractivity contribution in [2.45, 2.75) is 46.1 Å². The number of carbonyl (C=O) groups is 1. The molecule has 1 heterocycles. The zero-order valence-electron chi connectivity index (χ0n) is 9.99. The first-order chi connectivity index (χ1) is 7.72. The van der Waals surface area contributed by atoms with Crippen LogP contribution in [0.15, 0.2) is 17.7 Å². The van der Waals surface area contributed by atoms with Gasteiger partial charge in [0.1, 0.15) is 5.69 Å². The first-order valence-corrected chi connectivity index (χ1v) is 6.00. The molecule has 0 N–H and O–H groups in total. The van der Waals surface area contributed by atoms with Crippen LogP contribution in [0.4, 0.5) is 0 Å². The summed E-state index contributed by atoms with van der Waals surface area (Å²) in [5.41, 5.74) is 2.63. The first-order valence-electron chi connectivity index (χ1n) is 6.00. The highest BCUT2D eigenvalue weighted by molar-refractivity contribution is 6.07. The molecule has 86 valence electrons. The molecule has 0 radical (unpaired) electrons. The SMILES string of the molecule is CCn1nc(C)cc1C(=O)C1=CCCCC1. The molecule has 0 unspecified atom stereocenters. The van der Waals surface area contributed by atoms with E-state index in [0.29, 0.717) is 0 Å². The van der Waals surface area contributed by atoms with Crippen LogP contribution in [-0.4, -0.2) is 15.6 Å². The maximum atomic E-state index is 12.3. The Bertz CT molecular complexity index is 429. The van der Waals surface area contributed by atoms with Gasteiger partial charge < -0.3 is 0 Å². The van der Waals surface area contributed by atoms with Gasteiger partial charge in [0.25, 0.3) is 0 Å². The van der Waals surface area contributed by atoms with E-state index in [-0.39, 0.29) is 5.78 Å². The van der Waals surface area contributed by atoms with Gasteiger partial charge in [0.05, 0.1) is 5.69 Å². The van der Waals surface area contributed by atoms with E-state index in [4.69, 9.17) is 0 Å². The fraction of sp³-hybridized carbons (Fsp3) is 0.538. The molecule has 0 saturated heterocycles. The molecule has 0 aromatic carbocycles. The van der Waals surface area contributed by atoms with Gasteiger partial charge in [-0.3, -0.25) is 9.48 Å². The second-order valence-corrected chi connectivity index (χ2v) is 4.29. The second kappa shape index (κ2) is 4.64. The van der Waals surface area contributed by atoms with Crippen molar-refractivity contribution in [3.8, 4) is 0 Å². The maximum Gasteiger partial charge on any atom is 0.206 e. The van der Waals surface area contributed by atoms with Crippen molar-refractivity contribution in [2.24, 2.45) is 0 Å². The Morgan fingerprint density at radius 2 is 2.31 bits per heavy atom. The Morgan fingerprint density at radius 3 is 2.94 bits per heavy atom. The highest BCUT2D eigenvalue weighted by Crippen LogP contribution is 2.21. The summed E-state index contributed by atoms with van der Waals surface area (Å²) in [6.07, 6.45) is 6.40. The first kappa shape index (κ1) is 11.1. The van der Waals surface area contributed by atoms with Gasteiger partial charge in [0.15, 0.2) is 0 Å². The minimum absolute atomic E-state index is 0.169. The highest BCUT2D eigenvalue weighted by atomic mass is 16.1. The number of hydrogen-bond acceptors (Lipinski definition) is 2. The van der Waals surface area contributed by atoms with Crippen molar-refractivity contribution in [1.82, 2.24) is 9.78 Å². The minimum Gasteiger partial charge on any atom is -0.287 e. The maximum absolute atomic E-state index is 12.3. The van der Waals surface area contributed by atoms with E-state index in [0.717, 1.165) is 42.8 Å². The average molecular weight is 218 g/mol. The predicted molar refractivity (Wildman–Crippen MR) is 63.5 cm³/mol. The smallest absolute Gasteiger partial charge is 0.206 e. The summed E-state index contributed by atoms with van der Waals surface area (Å²) in [7, 11) is 0. The van der Waals surface area contributed by atoms with Crippen molar-refractivity contribution in [3.05, 3.63) is 29.1 Å². The molecule has 0 bridgehead atoms. The summed E-state index contributed by atoms with van der Waals surface area (Å²) in [6.45, 7) is 4.69. The van der Waals surface area contributed by atoms with Crippen LogP contribution >= 0.6 is 0 Å². The Morgan fingerprint density at radius 1 is 1.50 bits per heavy atom. The van der Waals surface area contributed by atoms with Crippen molar-refractivity contribution in [1.29, 1.82) is 0 Å². The van der Waals surface area contributed by atoms with Crippen molar-refractivity contribution in [2.75, 3.05) is 0 Å². The number of rotatable bonds is 3. The monoisotopic (exact) mass is 218 g/mol. The van der Waals surface area contributed by atoms with Crippen molar-refractivity contribution < 1.29 is 4.79 Å². The van der Waals surface area contributed by atoms with E-state index in [1.807, 2.05) is 19.9 Å².